The van der Waals surface area contributed by atoms with E-state index < -0.39 is 5.82 Å². The highest BCUT2D eigenvalue weighted by atomic mass is 19.1. The molecule has 2 heterocycles. The lowest BCUT2D eigenvalue weighted by Gasteiger charge is -2.32. The van der Waals surface area contributed by atoms with Crippen LogP contribution in [0.1, 0.15) is 23.2 Å². The Labute approximate surface area is 139 Å². The Morgan fingerprint density at radius 1 is 1.33 bits per heavy atom. The summed E-state index contributed by atoms with van der Waals surface area (Å²) < 4.78 is 24.6. The lowest BCUT2D eigenvalue weighted by Crippen LogP contribution is -2.44. The number of ether oxygens (including phenoxy) is 2. The molecule has 0 bridgehead atoms. The van der Waals surface area contributed by atoms with Crippen molar-refractivity contribution in [3.8, 4) is 11.9 Å². The topological polar surface area (TPSA) is 64.6 Å². The van der Waals surface area contributed by atoms with Crippen LogP contribution in [0.15, 0.2) is 36.5 Å². The summed E-state index contributed by atoms with van der Waals surface area (Å²) in [4.78, 5) is 22.2. The highest BCUT2D eigenvalue weighted by molar-refractivity contribution is 5.94. The number of aromatic nitrogens is 2. The van der Waals surface area contributed by atoms with E-state index in [0.717, 1.165) is 12.8 Å². The quantitative estimate of drug-likeness (QED) is 0.860. The van der Waals surface area contributed by atoms with Gasteiger partial charge in [-0.3, -0.25) is 4.79 Å². The minimum Gasteiger partial charge on any atom is -0.472 e. The van der Waals surface area contributed by atoms with Gasteiger partial charge in [0.25, 0.3) is 5.91 Å². The van der Waals surface area contributed by atoms with Gasteiger partial charge in [-0.05, 0) is 25.0 Å². The number of hydrogen-bond acceptors (Lipinski definition) is 5. The first-order chi connectivity index (χ1) is 11.7. The normalized spacial score (nSPS) is 17.4. The molecule has 126 valence electrons. The molecule has 0 spiro atoms. The number of rotatable bonds is 4. The molecule has 1 aromatic heterocycles. The number of methoxy groups -OCH3 is 1. The monoisotopic (exact) mass is 331 g/mol. The lowest BCUT2D eigenvalue weighted by molar-refractivity contribution is 0.0521. The summed E-state index contributed by atoms with van der Waals surface area (Å²) in [6.45, 7) is 0.972. The van der Waals surface area contributed by atoms with E-state index in [2.05, 4.69) is 9.97 Å². The number of piperidine rings is 1. The molecule has 1 fully saturated rings. The third-order valence-corrected chi connectivity index (χ3v) is 3.85. The van der Waals surface area contributed by atoms with Crippen molar-refractivity contribution in [2.75, 3.05) is 20.2 Å². The Hall–Kier alpha value is -2.70. The van der Waals surface area contributed by atoms with Gasteiger partial charge in [0.1, 0.15) is 11.9 Å². The third-order valence-electron chi connectivity index (χ3n) is 3.85. The van der Waals surface area contributed by atoms with Gasteiger partial charge in [-0.25, -0.2) is 9.37 Å². The van der Waals surface area contributed by atoms with E-state index in [1.807, 2.05) is 0 Å². The number of halogens is 1. The molecule has 24 heavy (non-hydrogen) atoms. The second-order valence-corrected chi connectivity index (χ2v) is 5.49. The van der Waals surface area contributed by atoms with Crippen molar-refractivity contribution in [2.24, 2.45) is 0 Å². The number of carbonyl (C=O) groups excluding carboxylic acids is 1. The molecule has 0 radical (unpaired) electrons. The maximum atomic E-state index is 13.8. The first kappa shape index (κ1) is 16.2. The van der Waals surface area contributed by atoms with Crippen LogP contribution in [0.5, 0.6) is 11.9 Å². The molecule has 3 rings (SSSR count). The first-order valence-corrected chi connectivity index (χ1v) is 7.75. The van der Waals surface area contributed by atoms with E-state index in [1.165, 1.54) is 19.2 Å². The van der Waals surface area contributed by atoms with Crippen molar-refractivity contribution in [3.63, 3.8) is 0 Å². The fourth-order valence-corrected chi connectivity index (χ4v) is 2.68. The largest absolute Gasteiger partial charge is 0.472 e. The predicted octanol–water partition coefficient (Wildman–Crippen LogP) is 2.31. The third kappa shape index (κ3) is 3.61. The van der Waals surface area contributed by atoms with Crippen molar-refractivity contribution in [1.82, 2.24) is 14.9 Å². The Kier molecular flexibility index (Phi) is 4.88. The van der Waals surface area contributed by atoms with E-state index in [0.29, 0.717) is 19.0 Å². The number of hydrogen-bond donors (Lipinski definition) is 0. The van der Waals surface area contributed by atoms with Crippen LogP contribution in [0.3, 0.4) is 0 Å². The van der Waals surface area contributed by atoms with Gasteiger partial charge in [0.05, 0.1) is 19.2 Å². The molecule has 1 saturated heterocycles. The van der Waals surface area contributed by atoms with Gasteiger partial charge >= 0.3 is 6.01 Å². The van der Waals surface area contributed by atoms with E-state index in [9.17, 15) is 9.18 Å². The van der Waals surface area contributed by atoms with E-state index in [-0.39, 0.29) is 23.6 Å². The second kappa shape index (κ2) is 7.25. The molecule has 0 N–H and O–H groups in total. The van der Waals surface area contributed by atoms with Gasteiger partial charge in [0.2, 0.25) is 5.88 Å². The highest BCUT2D eigenvalue weighted by Gasteiger charge is 2.27. The maximum Gasteiger partial charge on any atom is 0.319 e. The first-order valence-electron chi connectivity index (χ1n) is 7.75. The number of likely N-dealkylation sites (tertiary alicyclic amines) is 1. The Balaban J connectivity index is 1.68. The number of benzene rings is 1. The van der Waals surface area contributed by atoms with Crippen LogP contribution < -0.4 is 9.47 Å². The number of amides is 1. The highest BCUT2D eigenvalue weighted by Crippen LogP contribution is 2.20. The van der Waals surface area contributed by atoms with Crippen LogP contribution in [-0.2, 0) is 0 Å². The zero-order valence-electron chi connectivity index (χ0n) is 13.3. The molecule has 1 aromatic carbocycles. The van der Waals surface area contributed by atoms with E-state index in [4.69, 9.17) is 9.47 Å². The van der Waals surface area contributed by atoms with Crippen molar-refractivity contribution in [2.45, 2.75) is 18.9 Å². The van der Waals surface area contributed by atoms with Gasteiger partial charge in [-0.1, -0.05) is 12.1 Å². The molecule has 1 aliphatic rings. The number of nitrogens with zero attached hydrogens (tertiary/aromatic N) is 3. The van der Waals surface area contributed by atoms with Crippen LogP contribution >= 0.6 is 0 Å². The standard InChI is InChI=1S/C17H18FN3O3/c1-23-17-19-9-8-15(20-17)24-12-5-4-10-21(11-12)16(22)13-6-2-3-7-14(13)18/h2-3,6-9,12H,4-5,10-11H2,1H3. The SMILES string of the molecule is COc1nccc(OC2CCCN(C(=O)c3ccccc3F)C2)n1. The zero-order valence-corrected chi connectivity index (χ0v) is 13.3. The maximum absolute atomic E-state index is 13.8. The molecule has 1 aliphatic heterocycles. The summed E-state index contributed by atoms with van der Waals surface area (Å²) in [6, 6.07) is 7.87. The molecule has 7 heteroatoms. The van der Waals surface area contributed by atoms with Crippen molar-refractivity contribution in [3.05, 3.63) is 47.9 Å². The summed E-state index contributed by atoms with van der Waals surface area (Å²) in [7, 11) is 1.48. The van der Waals surface area contributed by atoms with Crippen LogP contribution in [0.25, 0.3) is 0 Å². The number of carbonyl (C=O) groups is 1. The molecule has 1 unspecified atom stereocenters. The van der Waals surface area contributed by atoms with Crippen molar-refractivity contribution < 1.29 is 18.7 Å². The van der Waals surface area contributed by atoms with Gasteiger partial charge in [0.15, 0.2) is 0 Å². The van der Waals surface area contributed by atoms with Gasteiger partial charge in [-0.15, -0.1) is 0 Å². The molecular weight excluding hydrogens is 313 g/mol. The minimum atomic E-state index is -0.508. The van der Waals surface area contributed by atoms with Crippen LogP contribution in [0, 0.1) is 5.82 Å². The predicted molar refractivity (Wildman–Crippen MR) is 84.5 cm³/mol. The Bertz CT molecular complexity index is 726. The molecular formula is C17H18FN3O3. The fraction of sp³-hybridized carbons (Fsp3) is 0.353. The second-order valence-electron chi connectivity index (χ2n) is 5.49. The average Bonchev–Trinajstić information content (AvgIpc) is 2.62. The summed E-state index contributed by atoms with van der Waals surface area (Å²) in [6.07, 6.45) is 2.93. The van der Waals surface area contributed by atoms with Crippen molar-refractivity contribution in [1.29, 1.82) is 0 Å². The summed E-state index contributed by atoms with van der Waals surface area (Å²) >= 11 is 0. The van der Waals surface area contributed by atoms with Crippen LogP contribution in [0.2, 0.25) is 0 Å². The summed E-state index contributed by atoms with van der Waals surface area (Å²) in [5.41, 5.74) is 0.0851. The van der Waals surface area contributed by atoms with Crippen LogP contribution in [-0.4, -0.2) is 47.1 Å². The van der Waals surface area contributed by atoms with Gasteiger partial charge < -0.3 is 14.4 Å². The summed E-state index contributed by atoms with van der Waals surface area (Å²) in [5.74, 6) is -0.431. The van der Waals surface area contributed by atoms with Crippen LogP contribution in [0.4, 0.5) is 4.39 Å². The smallest absolute Gasteiger partial charge is 0.319 e. The minimum absolute atomic E-state index is 0.0851. The Morgan fingerprint density at radius 2 is 2.17 bits per heavy atom. The molecule has 1 amide bonds. The lowest BCUT2D eigenvalue weighted by atomic mass is 10.1. The Morgan fingerprint density at radius 3 is 2.96 bits per heavy atom. The molecule has 0 aliphatic carbocycles. The molecule has 2 aromatic rings. The fourth-order valence-electron chi connectivity index (χ4n) is 2.68. The van der Waals surface area contributed by atoms with Gasteiger partial charge in [0, 0.05) is 18.8 Å². The van der Waals surface area contributed by atoms with Crippen molar-refractivity contribution >= 4 is 5.91 Å². The van der Waals surface area contributed by atoms with E-state index >= 15 is 0 Å². The molecule has 1 atom stereocenters. The zero-order chi connectivity index (χ0) is 16.9. The average molecular weight is 331 g/mol. The van der Waals surface area contributed by atoms with E-state index in [1.54, 1.807) is 29.3 Å². The molecule has 0 saturated carbocycles. The summed E-state index contributed by atoms with van der Waals surface area (Å²) in [5, 5.41) is 0. The van der Waals surface area contributed by atoms with Gasteiger partial charge in [-0.2, -0.15) is 4.98 Å². The molecule has 6 nitrogen and oxygen atoms in total.